The maximum absolute atomic E-state index is 2.49. The first-order valence-corrected chi connectivity index (χ1v) is 22.0. The molecule has 0 N–H and O–H groups in total. The summed E-state index contributed by atoms with van der Waals surface area (Å²) in [4.78, 5) is 0. The lowest BCUT2D eigenvalue weighted by Crippen LogP contribution is -2.03. The second-order valence-electron chi connectivity index (χ2n) is 16.9. The average Bonchev–Trinajstić information content (AvgIpc) is 4.09. The van der Waals surface area contributed by atoms with Gasteiger partial charge in [0.2, 0.25) is 0 Å². The first-order chi connectivity index (χ1) is 31.8. The zero-order valence-electron chi connectivity index (χ0n) is 34.7. The van der Waals surface area contributed by atoms with Gasteiger partial charge in [-0.25, -0.2) is 0 Å². The summed E-state index contributed by atoms with van der Waals surface area (Å²) in [5, 5.41) is 9.94. The Morgan fingerprint density at radius 2 is 0.484 bits per heavy atom. The highest BCUT2D eigenvalue weighted by Crippen LogP contribution is 2.43. The zero-order chi connectivity index (χ0) is 41.9. The number of fused-ring (bicyclic) bond motifs is 12. The summed E-state index contributed by atoms with van der Waals surface area (Å²) in [5.41, 5.74) is 16.4. The van der Waals surface area contributed by atoms with Crippen LogP contribution in [0, 0.1) is 0 Å². The number of para-hydroxylation sites is 7. The normalized spacial score (nSPS) is 12.1. The van der Waals surface area contributed by atoms with Crippen molar-refractivity contribution >= 4 is 87.2 Å². The minimum absolute atomic E-state index is 1.11. The van der Waals surface area contributed by atoms with Crippen LogP contribution >= 0.6 is 0 Å². The third-order valence-electron chi connectivity index (χ3n) is 13.6. The van der Waals surface area contributed by atoms with Gasteiger partial charge in [-0.2, -0.15) is 0 Å². The fourth-order valence-corrected chi connectivity index (χ4v) is 10.8. The molecule has 0 spiro atoms. The van der Waals surface area contributed by atoms with E-state index in [1.165, 1.54) is 98.4 Å². The summed E-state index contributed by atoms with van der Waals surface area (Å²) >= 11 is 0. The fraction of sp³-hybridized carbons (Fsp3) is 0. The van der Waals surface area contributed by atoms with E-state index >= 15 is 0 Å². The number of aromatic nitrogens is 4. The molecule has 0 aliphatic rings. The van der Waals surface area contributed by atoms with Gasteiger partial charge < -0.3 is 18.3 Å². The van der Waals surface area contributed by atoms with E-state index in [2.05, 4.69) is 249 Å². The van der Waals surface area contributed by atoms with Gasteiger partial charge >= 0.3 is 0 Å². The van der Waals surface area contributed by atoms with E-state index in [-0.39, 0.29) is 0 Å². The number of hydrogen-bond acceptors (Lipinski definition) is 0. The minimum atomic E-state index is 1.11. The van der Waals surface area contributed by atoms with Crippen molar-refractivity contribution in [2.45, 2.75) is 0 Å². The lowest BCUT2D eigenvalue weighted by molar-refractivity contribution is 1.11. The summed E-state index contributed by atoms with van der Waals surface area (Å²) in [6.45, 7) is 0. The maximum atomic E-state index is 2.49. The standard InChI is InChI=1S/C60H38N4/c1-8-22-52-44(15-1)45-16-2-9-23-53(45)61(52)41-33-29-39(30-34-41)40-31-35-42(36-32-40)63-56-26-12-7-21-50(56)51-37-43(62-54-24-10-3-17-46(54)47-18-4-11-25-55(47)62)38-59(60(51)63)64-57-27-13-5-19-48(57)49-20-6-14-28-58(49)64/h1-38H. The van der Waals surface area contributed by atoms with Gasteiger partial charge in [-0.15, -0.1) is 0 Å². The topological polar surface area (TPSA) is 19.7 Å². The second kappa shape index (κ2) is 13.4. The number of rotatable bonds is 5. The molecule has 0 amide bonds. The molecule has 0 bridgehead atoms. The van der Waals surface area contributed by atoms with Crippen molar-refractivity contribution in [3.05, 3.63) is 231 Å². The number of benzene rings is 10. The molecule has 4 aromatic heterocycles. The Bertz CT molecular complexity index is 4010. The molecule has 0 radical (unpaired) electrons. The van der Waals surface area contributed by atoms with Crippen LogP contribution in [0.15, 0.2) is 231 Å². The highest BCUT2D eigenvalue weighted by Gasteiger charge is 2.23. The molecule has 14 aromatic rings. The third-order valence-corrected chi connectivity index (χ3v) is 13.6. The van der Waals surface area contributed by atoms with Crippen LogP contribution in [-0.2, 0) is 0 Å². The van der Waals surface area contributed by atoms with E-state index in [1.807, 2.05) is 0 Å². The van der Waals surface area contributed by atoms with Gasteiger partial charge in [0, 0.05) is 60.2 Å². The van der Waals surface area contributed by atoms with Gasteiger partial charge in [-0.1, -0.05) is 152 Å². The predicted octanol–water partition coefficient (Wildman–Crippen LogP) is 15.7. The van der Waals surface area contributed by atoms with Crippen LogP contribution in [0.5, 0.6) is 0 Å². The van der Waals surface area contributed by atoms with Gasteiger partial charge in [-0.3, -0.25) is 0 Å². The Morgan fingerprint density at radius 3 is 0.859 bits per heavy atom. The Hall–Kier alpha value is -8.60. The van der Waals surface area contributed by atoms with Crippen molar-refractivity contribution in [3.63, 3.8) is 0 Å². The molecule has 0 aliphatic heterocycles. The highest BCUT2D eigenvalue weighted by atomic mass is 15.1. The monoisotopic (exact) mass is 814 g/mol. The van der Waals surface area contributed by atoms with Crippen LogP contribution in [0.2, 0.25) is 0 Å². The molecule has 4 heterocycles. The summed E-state index contributed by atoms with van der Waals surface area (Å²) in [6, 6.07) is 84.5. The van der Waals surface area contributed by atoms with E-state index in [9.17, 15) is 0 Å². The summed E-state index contributed by atoms with van der Waals surface area (Å²) in [6.07, 6.45) is 0. The molecular weight excluding hydrogens is 777 g/mol. The van der Waals surface area contributed by atoms with Crippen molar-refractivity contribution in [1.82, 2.24) is 18.3 Å². The number of hydrogen-bond donors (Lipinski definition) is 0. The molecule has 0 fully saturated rings. The van der Waals surface area contributed by atoms with Gasteiger partial charge in [0.1, 0.15) is 0 Å². The molecule has 14 rings (SSSR count). The van der Waals surface area contributed by atoms with Crippen LogP contribution in [-0.4, -0.2) is 18.3 Å². The zero-order valence-corrected chi connectivity index (χ0v) is 34.7. The predicted molar refractivity (Wildman–Crippen MR) is 269 cm³/mol. The maximum Gasteiger partial charge on any atom is 0.0784 e. The molecule has 64 heavy (non-hydrogen) atoms. The van der Waals surface area contributed by atoms with Crippen LogP contribution < -0.4 is 0 Å². The Kier molecular flexibility index (Phi) is 7.36. The van der Waals surface area contributed by atoms with Crippen molar-refractivity contribution in [3.8, 4) is 33.9 Å². The Morgan fingerprint density at radius 1 is 0.203 bits per heavy atom. The van der Waals surface area contributed by atoms with Crippen LogP contribution in [0.4, 0.5) is 0 Å². The highest BCUT2D eigenvalue weighted by molar-refractivity contribution is 6.17. The van der Waals surface area contributed by atoms with Crippen molar-refractivity contribution in [2.75, 3.05) is 0 Å². The van der Waals surface area contributed by atoms with Crippen molar-refractivity contribution in [1.29, 1.82) is 0 Å². The lowest BCUT2D eigenvalue weighted by atomic mass is 10.0. The summed E-state index contributed by atoms with van der Waals surface area (Å²) < 4.78 is 9.80. The minimum Gasteiger partial charge on any atom is -0.309 e. The summed E-state index contributed by atoms with van der Waals surface area (Å²) in [7, 11) is 0. The molecule has 0 unspecified atom stereocenters. The quantitative estimate of drug-likeness (QED) is 0.165. The first kappa shape index (κ1) is 35.0. The fourth-order valence-electron chi connectivity index (χ4n) is 10.8. The molecule has 0 atom stereocenters. The van der Waals surface area contributed by atoms with Crippen molar-refractivity contribution < 1.29 is 0 Å². The molecule has 10 aromatic carbocycles. The van der Waals surface area contributed by atoms with Crippen LogP contribution in [0.3, 0.4) is 0 Å². The first-order valence-electron chi connectivity index (χ1n) is 22.0. The van der Waals surface area contributed by atoms with Crippen molar-refractivity contribution in [2.24, 2.45) is 0 Å². The lowest BCUT2D eigenvalue weighted by Gasteiger charge is -2.17. The largest absolute Gasteiger partial charge is 0.309 e. The van der Waals surface area contributed by atoms with E-state index in [1.54, 1.807) is 0 Å². The SMILES string of the molecule is c1ccc2c(c1)c1ccccc1n2-c1ccc(-c2ccc(-n3c4ccccc4c4cc(-n5c6ccccc6c6ccccc65)cc(-n5c6ccccc6c6ccccc65)c43)cc2)cc1. The molecule has 298 valence electrons. The van der Waals surface area contributed by atoms with Crippen LogP contribution in [0.25, 0.3) is 121 Å². The Labute approximate surface area is 368 Å². The van der Waals surface area contributed by atoms with E-state index < -0.39 is 0 Å². The van der Waals surface area contributed by atoms with Gasteiger partial charge in [0.25, 0.3) is 0 Å². The molecule has 0 saturated carbocycles. The van der Waals surface area contributed by atoms with Gasteiger partial charge in [0.05, 0.1) is 49.8 Å². The van der Waals surface area contributed by atoms with Gasteiger partial charge in [0.15, 0.2) is 0 Å². The third kappa shape index (κ3) is 4.93. The van der Waals surface area contributed by atoms with E-state index in [0.29, 0.717) is 0 Å². The van der Waals surface area contributed by atoms with E-state index in [0.717, 1.165) is 22.7 Å². The number of nitrogens with zero attached hydrogens (tertiary/aromatic N) is 4. The van der Waals surface area contributed by atoms with Crippen LogP contribution in [0.1, 0.15) is 0 Å². The van der Waals surface area contributed by atoms with Gasteiger partial charge in [-0.05, 0) is 90.0 Å². The molecule has 4 heteroatoms. The molecule has 0 aliphatic carbocycles. The summed E-state index contributed by atoms with van der Waals surface area (Å²) in [5.74, 6) is 0. The molecule has 4 nitrogen and oxygen atoms in total. The van der Waals surface area contributed by atoms with E-state index in [4.69, 9.17) is 0 Å². The average molecular weight is 815 g/mol. The second-order valence-corrected chi connectivity index (χ2v) is 16.9. The molecular formula is C60H38N4. The Balaban J connectivity index is 0.989. The molecule has 0 saturated heterocycles. The smallest absolute Gasteiger partial charge is 0.0784 e.